The maximum absolute atomic E-state index is 12.3. The predicted octanol–water partition coefficient (Wildman–Crippen LogP) is 2.87. The lowest BCUT2D eigenvalue weighted by atomic mass is 10.2. The van der Waals surface area contributed by atoms with Crippen molar-refractivity contribution in [3.05, 3.63) is 47.2 Å². The van der Waals surface area contributed by atoms with Crippen LogP contribution in [0, 0.1) is 0 Å². The first-order chi connectivity index (χ1) is 10.2. The van der Waals surface area contributed by atoms with Crippen LogP contribution in [0.5, 0.6) is 5.88 Å². The van der Waals surface area contributed by atoms with Gasteiger partial charge in [-0.05, 0) is 24.3 Å². The highest BCUT2D eigenvalue weighted by Gasteiger charge is 2.15. The fourth-order valence-corrected chi connectivity index (χ4v) is 2.26. The Hall–Kier alpha value is -2.60. The lowest BCUT2D eigenvalue weighted by molar-refractivity contribution is 0.102. The van der Waals surface area contributed by atoms with Crippen molar-refractivity contribution in [3.63, 3.8) is 0 Å². The maximum atomic E-state index is 12.3. The first-order valence-electron chi connectivity index (χ1n) is 6.12. The number of amides is 1. The van der Waals surface area contributed by atoms with Gasteiger partial charge in [0.25, 0.3) is 5.91 Å². The average Bonchev–Trinajstić information content (AvgIpc) is 2.99. The van der Waals surface area contributed by atoms with Crippen molar-refractivity contribution in [2.24, 2.45) is 0 Å². The summed E-state index contributed by atoms with van der Waals surface area (Å²) in [5.74, 6) is -0.0831. The van der Waals surface area contributed by atoms with E-state index in [2.05, 4.69) is 20.5 Å². The first kappa shape index (κ1) is 13.4. The summed E-state index contributed by atoms with van der Waals surface area (Å²) in [4.78, 5) is 16.3. The highest BCUT2D eigenvalue weighted by atomic mass is 35.5. The number of hydrogen-bond donors (Lipinski definition) is 2. The van der Waals surface area contributed by atoms with Crippen molar-refractivity contribution >= 4 is 34.1 Å². The van der Waals surface area contributed by atoms with Gasteiger partial charge < -0.3 is 10.1 Å². The Morgan fingerprint density at radius 2 is 2.24 bits per heavy atom. The molecule has 2 heterocycles. The molecule has 0 saturated heterocycles. The number of nitrogens with zero attached hydrogens (tertiary/aromatic N) is 2. The molecule has 0 atom stereocenters. The molecule has 0 radical (unpaired) electrons. The molecule has 3 rings (SSSR count). The molecule has 106 valence electrons. The van der Waals surface area contributed by atoms with E-state index in [1.807, 2.05) is 0 Å². The number of aromatic amines is 1. The van der Waals surface area contributed by atoms with Crippen LogP contribution in [-0.4, -0.2) is 28.2 Å². The fourth-order valence-electron chi connectivity index (χ4n) is 2.00. The van der Waals surface area contributed by atoms with Gasteiger partial charge in [-0.2, -0.15) is 5.10 Å². The molecule has 0 unspecified atom stereocenters. The molecular weight excluding hydrogens is 292 g/mol. The Bertz CT molecular complexity index is 816. The van der Waals surface area contributed by atoms with Crippen molar-refractivity contribution in [1.29, 1.82) is 0 Å². The third-order valence-corrected chi connectivity index (χ3v) is 3.42. The minimum atomic E-state index is -0.343. The monoisotopic (exact) mass is 302 g/mol. The third kappa shape index (κ3) is 2.41. The van der Waals surface area contributed by atoms with Gasteiger partial charge in [-0.1, -0.05) is 11.6 Å². The smallest absolute Gasteiger partial charge is 0.261 e. The van der Waals surface area contributed by atoms with Gasteiger partial charge >= 0.3 is 0 Å². The average molecular weight is 303 g/mol. The molecule has 1 amide bonds. The Kier molecular flexibility index (Phi) is 3.45. The molecule has 6 nitrogen and oxygen atoms in total. The van der Waals surface area contributed by atoms with E-state index in [4.69, 9.17) is 16.3 Å². The molecule has 0 aliphatic carbocycles. The van der Waals surface area contributed by atoms with Crippen LogP contribution in [0.25, 0.3) is 10.9 Å². The number of benzene rings is 1. The number of anilines is 1. The van der Waals surface area contributed by atoms with E-state index in [0.29, 0.717) is 16.3 Å². The lowest BCUT2D eigenvalue weighted by Crippen LogP contribution is -2.14. The summed E-state index contributed by atoms with van der Waals surface area (Å²) in [6.07, 6.45) is 3.16. The number of rotatable bonds is 3. The van der Waals surface area contributed by atoms with Gasteiger partial charge in [0, 0.05) is 11.6 Å². The fraction of sp³-hybridized carbons (Fsp3) is 0.0714. The molecule has 2 aromatic heterocycles. The van der Waals surface area contributed by atoms with Gasteiger partial charge in [0.05, 0.1) is 29.5 Å². The van der Waals surface area contributed by atoms with Crippen molar-refractivity contribution in [2.45, 2.75) is 0 Å². The topological polar surface area (TPSA) is 79.9 Å². The molecule has 0 aliphatic heterocycles. The largest absolute Gasteiger partial charge is 0.480 e. The molecule has 3 aromatic rings. The number of aromatic nitrogens is 3. The molecule has 2 N–H and O–H groups in total. The summed E-state index contributed by atoms with van der Waals surface area (Å²) in [5, 5.41) is 10.7. The Labute approximate surface area is 125 Å². The van der Waals surface area contributed by atoms with Crippen LogP contribution in [0.3, 0.4) is 0 Å². The van der Waals surface area contributed by atoms with Crippen LogP contribution in [0.2, 0.25) is 5.02 Å². The molecule has 21 heavy (non-hydrogen) atoms. The number of nitrogens with one attached hydrogen (secondary N) is 2. The van der Waals surface area contributed by atoms with Crippen LogP contribution in [0.1, 0.15) is 10.4 Å². The standard InChI is InChI=1S/C14H11ClN4O2/c1-21-14-8(3-2-6-16-14)13(20)18-11-5-4-10-9(12(11)15)7-17-19-10/h2-7H,1H3,(H,17,19)(H,18,20). The Balaban J connectivity index is 1.94. The third-order valence-electron chi connectivity index (χ3n) is 3.02. The van der Waals surface area contributed by atoms with Crippen molar-refractivity contribution < 1.29 is 9.53 Å². The van der Waals surface area contributed by atoms with Crippen LogP contribution in [0.15, 0.2) is 36.7 Å². The summed E-state index contributed by atoms with van der Waals surface area (Å²) in [7, 11) is 1.46. The van der Waals surface area contributed by atoms with E-state index in [-0.39, 0.29) is 11.8 Å². The number of halogens is 1. The Morgan fingerprint density at radius 1 is 1.38 bits per heavy atom. The quantitative estimate of drug-likeness (QED) is 0.779. The maximum Gasteiger partial charge on any atom is 0.261 e. The summed E-state index contributed by atoms with van der Waals surface area (Å²) in [6.45, 7) is 0. The molecule has 0 fully saturated rings. The van der Waals surface area contributed by atoms with E-state index in [0.717, 1.165) is 10.9 Å². The highest BCUT2D eigenvalue weighted by molar-refractivity contribution is 6.38. The number of hydrogen-bond acceptors (Lipinski definition) is 4. The van der Waals surface area contributed by atoms with Crippen molar-refractivity contribution in [3.8, 4) is 5.88 Å². The van der Waals surface area contributed by atoms with Gasteiger partial charge in [0.15, 0.2) is 0 Å². The summed E-state index contributed by atoms with van der Waals surface area (Å²) < 4.78 is 5.07. The molecule has 0 saturated carbocycles. The SMILES string of the molecule is COc1ncccc1C(=O)Nc1ccc2[nH]ncc2c1Cl. The number of carbonyl (C=O) groups excluding carboxylic acids is 1. The Morgan fingerprint density at radius 3 is 3.05 bits per heavy atom. The number of pyridine rings is 1. The van der Waals surface area contributed by atoms with E-state index in [1.54, 1.807) is 36.7 Å². The van der Waals surface area contributed by atoms with Gasteiger partial charge in [0.2, 0.25) is 5.88 Å². The number of H-pyrrole nitrogens is 1. The van der Waals surface area contributed by atoms with Gasteiger partial charge in [-0.3, -0.25) is 9.89 Å². The van der Waals surface area contributed by atoms with Crippen LogP contribution in [-0.2, 0) is 0 Å². The van der Waals surface area contributed by atoms with E-state index >= 15 is 0 Å². The zero-order valence-electron chi connectivity index (χ0n) is 11.1. The van der Waals surface area contributed by atoms with E-state index < -0.39 is 0 Å². The van der Waals surface area contributed by atoms with E-state index in [1.165, 1.54) is 7.11 Å². The molecule has 7 heteroatoms. The van der Waals surface area contributed by atoms with Crippen LogP contribution < -0.4 is 10.1 Å². The minimum Gasteiger partial charge on any atom is -0.480 e. The molecule has 0 aliphatic rings. The van der Waals surface area contributed by atoms with Crippen molar-refractivity contribution in [1.82, 2.24) is 15.2 Å². The van der Waals surface area contributed by atoms with Gasteiger partial charge in [0.1, 0.15) is 5.56 Å². The van der Waals surface area contributed by atoms with E-state index in [9.17, 15) is 4.79 Å². The molecular formula is C14H11ClN4O2. The number of methoxy groups -OCH3 is 1. The lowest BCUT2D eigenvalue weighted by Gasteiger charge is -2.09. The summed E-state index contributed by atoms with van der Waals surface area (Å²) in [5.41, 5.74) is 1.64. The molecule has 0 bridgehead atoms. The summed E-state index contributed by atoms with van der Waals surface area (Å²) >= 11 is 6.27. The zero-order chi connectivity index (χ0) is 14.8. The second-order valence-corrected chi connectivity index (χ2v) is 4.65. The minimum absolute atomic E-state index is 0.260. The summed E-state index contributed by atoms with van der Waals surface area (Å²) in [6, 6.07) is 6.80. The second kappa shape index (κ2) is 5.41. The molecule has 0 spiro atoms. The zero-order valence-corrected chi connectivity index (χ0v) is 11.8. The highest BCUT2D eigenvalue weighted by Crippen LogP contribution is 2.30. The number of fused-ring (bicyclic) bond motifs is 1. The van der Waals surface area contributed by atoms with Gasteiger partial charge in [-0.25, -0.2) is 4.98 Å². The number of ether oxygens (including phenoxy) is 1. The predicted molar refractivity (Wildman–Crippen MR) is 79.8 cm³/mol. The number of carbonyl (C=O) groups is 1. The normalized spacial score (nSPS) is 10.6. The molecule has 1 aromatic carbocycles. The van der Waals surface area contributed by atoms with Crippen LogP contribution in [0.4, 0.5) is 5.69 Å². The van der Waals surface area contributed by atoms with Crippen molar-refractivity contribution in [2.75, 3.05) is 12.4 Å². The second-order valence-electron chi connectivity index (χ2n) is 4.27. The van der Waals surface area contributed by atoms with Crippen LogP contribution >= 0.6 is 11.6 Å². The first-order valence-corrected chi connectivity index (χ1v) is 6.50. The van der Waals surface area contributed by atoms with Gasteiger partial charge in [-0.15, -0.1) is 0 Å².